The maximum absolute atomic E-state index is 13.0. The van der Waals surface area contributed by atoms with Gasteiger partial charge in [-0.15, -0.1) is 0 Å². The molecule has 0 atom stereocenters. The average Bonchev–Trinajstić information content (AvgIpc) is 2.99. The lowest BCUT2D eigenvalue weighted by atomic mass is 10.0. The summed E-state index contributed by atoms with van der Waals surface area (Å²) in [7, 11) is 0. The largest absolute Gasteiger partial charge is 0.368 e. The molecule has 4 rings (SSSR count). The highest BCUT2D eigenvalue weighted by atomic mass is 16.2. The SMILES string of the molecule is Cc1ccc2[nH]c(C)c(CC(=O)N3CCN(c4cccc(C)c4C)CC3)c2c1. The summed E-state index contributed by atoms with van der Waals surface area (Å²) in [4.78, 5) is 20.9. The van der Waals surface area contributed by atoms with E-state index < -0.39 is 0 Å². The fraction of sp³-hybridized carbons (Fsp3) is 0.375. The van der Waals surface area contributed by atoms with E-state index in [-0.39, 0.29) is 5.91 Å². The Labute approximate surface area is 167 Å². The van der Waals surface area contributed by atoms with Crippen molar-refractivity contribution >= 4 is 22.5 Å². The van der Waals surface area contributed by atoms with Crippen molar-refractivity contribution < 1.29 is 4.79 Å². The van der Waals surface area contributed by atoms with Gasteiger partial charge in [0.05, 0.1) is 6.42 Å². The summed E-state index contributed by atoms with van der Waals surface area (Å²) in [6.07, 6.45) is 0.471. The van der Waals surface area contributed by atoms with Gasteiger partial charge in [0.2, 0.25) is 5.91 Å². The van der Waals surface area contributed by atoms with Crippen LogP contribution >= 0.6 is 0 Å². The van der Waals surface area contributed by atoms with Gasteiger partial charge in [-0.2, -0.15) is 0 Å². The van der Waals surface area contributed by atoms with Crippen LogP contribution in [0.3, 0.4) is 0 Å². The number of rotatable bonds is 3. The number of aromatic nitrogens is 1. The van der Waals surface area contributed by atoms with Gasteiger partial charge >= 0.3 is 0 Å². The monoisotopic (exact) mass is 375 g/mol. The van der Waals surface area contributed by atoms with E-state index in [0.29, 0.717) is 6.42 Å². The van der Waals surface area contributed by atoms with Crippen LogP contribution in [0.15, 0.2) is 36.4 Å². The lowest BCUT2D eigenvalue weighted by Gasteiger charge is -2.37. The van der Waals surface area contributed by atoms with Crippen molar-refractivity contribution in [3.63, 3.8) is 0 Å². The van der Waals surface area contributed by atoms with E-state index in [1.54, 1.807) is 0 Å². The predicted octanol–water partition coefficient (Wildman–Crippen LogP) is 4.29. The zero-order chi connectivity index (χ0) is 19.8. The number of nitrogens with one attached hydrogen (secondary N) is 1. The summed E-state index contributed by atoms with van der Waals surface area (Å²) >= 11 is 0. The predicted molar refractivity (Wildman–Crippen MR) is 116 cm³/mol. The molecule has 2 heterocycles. The van der Waals surface area contributed by atoms with E-state index in [4.69, 9.17) is 0 Å². The number of aryl methyl sites for hydroxylation is 3. The Morgan fingerprint density at radius 3 is 2.50 bits per heavy atom. The van der Waals surface area contributed by atoms with Crippen molar-refractivity contribution in [2.45, 2.75) is 34.1 Å². The number of hydrogen-bond acceptors (Lipinski definition) is 2. The molecule has 0 radical (unpaired) electrons. The number of carbonyl (C=O) groups excluding carboxylic acids is 1. The molecule has 2 aromatic carbocycles. The molecular formula is C24H29N3O. The van der Waals surface area contributed by atoms with Crippen molar-refractivity contribution in [2.24, 2.45) is 0 Å². The van der Waals surface area contributed by atoms with Crippen LogP contribution in [-0.4, -0.2) is 42.0 Å². The molecule has 146 valence electrons. The highest BCUT2D eigenvalue weighted by Crippen LogP contribution is 2.26. The molecule has 4 heteroatoms. The molecule has 1 aliphatic heterocycles. The fourth-order valence-electron chi connectivity index (χ4n) is 4.26. The summed E-state index contributed by atoms with van der Waals surface area (Å²) in [6, 6.07) is 12.9. The number of aromatic amines is 1. The minimum absolute atomic E-state index is 0.228. The van der Waals surface area contributed by atoms with Gasteiger partial charge < -0.3 is 14.8 Å². The molecule has 28 heavy (non-hydrogen) atoms. The van der Waals surface area contributed by atoms with Gasteiger partial charge in [0, 0.05) is 48.5 Å². The van der Waals surface area contributed by atoms with E-state index in [1.807, 2.05) is 4.90 Å². The van der Waals surface area contributed by atoms with Crippen molar-refractivity contribution in [1.82, 2.24) is 9.88 Å². The first-order valence-corrected chi connectivity index (χ1v) is 10.1. The minimum Gasteiger partial charge on any atom is -0.368 e. The molecule has 0 bridgehead atoms. The average molecular weight is 376 g/mol. The molecule has 3 aromatic rings. The Hall–Kier alpha value is -2.75. The lowest BCUT2D eigenvalue weighted by molar-refractivity contribution is -0.130. The standard InChI is InChI=1S/C24H29N3O/c1-16-8-9-22-21(14-16)20(19(4)25-22)15-24(28)27-12-10-26(11-13-27)23-7-5-6-17(2)18(23)3/h5-9,14,25H,10-13,15H2,1-4H3. The molecule has 1 fully saturated rings. The molecule has 1 aromatic heterocycles. The van der Waals surface area contributed by atoms with Crippen molar-refractivity contribution in [1.29, 1.82) is 0 Å². The van der Waals surface area contributed by atoms with E-state index in [9.17, 15) is 4.79 Å². The van der Waals surface area contributed by atoms with E-state index in [0.717, 1.165) is 43.0 Å². The maximum Gasteiger partial charge on any atom is 0.227 e. The summed E-state index contributed by atoms with van der Waals surface area (Å²) in [6.45, 7) is 11.9. The van der Waals surface area contributed by atoms with Gasteiger partial charge in [-0.05, 0) is 62.6 Å². The van der Waals surface area contributed by atoms with Gasteiger partial charge in [-0.3, -0.25) is 4.79 Å². The van der Waals surface area contributed by atoms with E-state index >= 15 is 0 Å². The fourth-order valence-corrected chi connectivity index (χ4v) is 4.26. The second-order valence-corrected chi connectivity index (χ2v) is 8.04. The molecule has 1 aliphatic rings. The highest BCUT2D eigenvalue weighted by molar-refractivity contribution is 5.90. The first-order chi connectivity index (χ1) is 13.4. The first-order valence-electron chi connectivity index (χ1n) is 10.1. The Bertz CT molecular complexity index is 1030. The van der Waals surface area contributed by atoms with Crippen LogP contribution in [0, 0.1) is 27.7 Å². The highest BCUT2D eigenvalue weighted by Gasteiger charge is 2.23. The van der Waals surface area contributed by atoms with Crippen LogP contribution in [0.4, 0.5) is 5.69 Å². The Balaban J connectivity index is 1.46. The van der Waals surface area contributed by atoms with Crippen LogP contribution in [0.5, 0.6) is 0 Å². The quantitative estimate of drug-likeness (QED) is 0.742. The number of benzene rings is 2. The number of hydrogen-bond donors (Lipinski definition) is 1. The molecule has 4 nitrogen and oxygen atoms in total. The molecule has 0 aliphatic carbocycles. The number of anilines is 1. The third kappa shape index (κ3) is 3.39. The molecule has 1 saturated heterocycles. The van der Waals surface area contributed by atoms with Crippen LogP contribution in [0.25, 0.3) is 10.9 Å². The van der Waals surface area contributed by atoms with Crippen LogP contribution in [0.2, 0.25) is 0 Å². The van der Waals surface area contributed by atoms with E-state index in [2.05, 4.69) is 74.0 Å². The zero-order valence-electron chi connectivity index (χ0n) is 17.3. The first kappa shape index (κ1) is 18.6. The molecule has 0 spiro atoms. The van der Waals surface area contributed by atoms with Crippen molar-refractivity contribution in [3.8, 4) is 0 Å². The summed E-state index contributed by atoms with van der Waals surface area (Å²) in [5.41, 5.74) is 8.54. The van der Waals surface area contributed by atoms with Crippen LogP contribution in [0.1, 0.15) is 27.9 Å². The Morgan fingerprint density at radius 2 is 1.75 bits per heavy atom. The Morgan fingerprint density at radius 1 is 1.00 bits per heavy atom. The second kappa shape index (κ2) is 7.34. The number of piperazine rings is 1. The third-order valence-electron chi connectivity index (χ3n) is 6.15. The van der Waals surface area contributed by atoms with Gasteiger partial charge in [0.15, 0.2) is 0 Å². The number of carbonyl (C=O) groups is 1. The summed E-state index contributed by atoms with van der Waals surface area (Å²) in [5.74, 6) is 0.228. The lowest BCUT2D eigenvalue weighted by Crippen LogP contribution is -2.49. The van der Waals surface area contributed by atoms with Gasteiger partial charge in [-0.1, -0.05) is 23.8 Å². The van der Waals surface area contributed by atoms with Gasteiger partial charge in [0.25, 0.3) is 0 Å². The van der Waals surface area contributed by atoms with Crippen molar-refractivity contribution in [3.05, 3.63) is 64.3 Å². The number of H-pyrrole nitrogens is 1. The summed E-state index contributed by atoms with van der Waals surface area (Å²) < 4.78 is 0. The molecule has 0 saturated carbocycles. The smallest absolute Gasteiger partial charge is 0.227 e. The summed E-state index contributed by atoms with van der Waals surface area (Å²) in [5, 5.41) is 1.18. The number of fused-ring (bicyclic) bond motifs is 1. The third-order valence-corrected chi connectivity index (χ3v) is 6.15. The van der Waals surface area contributed by atoms with Gasteiger partial charge in [-0.25, -0.2) is 0 Å². The minimum atomic E-state index is 0.228. The number of nitrogens with zero attached hydrogens (tertiary/aromatic N) is 2. The van der Waals surface area contributed by atoms with Crippen molar-refractivity contribution in [2.75, 3.05) is 31.1 Å². The topological polar surface area (TPSA) is 39.3 Å². The normalized spacial score (nSPS) is 14.7. The van der Waals surface area contributed by atoms with E-state index in [1.165, 1.54) is 27.8 Å². The van der Waals surface area contributed by atoms with Crippen LogP contribution in [-0.2, 0) is 11.2 Å². The second-order valence-electron chi connectivity index (χ2n) is 8.04. The molecular weight excluding hydrogens is 346 g/mol. The molecule has 1 N–H and O–H groups in total. The maximum atomic E-state index is 13.0. The van der Waals surface area contributed by atoms with Gasteiger partial charge in [0.1, 0.15) is 0 Å². The zero-order valence-corrected chi connectivity index (χ0v) is 17.3. The molecule has 1 amide bonds. The molecule has 0 unspecified atom stereocenters. The number of amides is 1. The Kier molecular flexibility index (Phi) is 4.88. The van der Waals surface area contributed by atoms with Crippen LogP contribution < -0.4 is 4.90 Å².